The van der Waals surface area contributed by atoms with Gasteiger partial charge in [0.2, 0.25) is 0 Å². The molecular formula is C10H12N2O4. The molecular weight excluding hydrogens is 212 g/mol. The average Bonchev–Trinajstić information content (AvgIpc) is 2.57. The number of aromatic nitrogens is 2. The van der Waals surface area contributed by atoms with Crippen molar-refractivity contribution in [2.75, 3.05) is 6.61 Å². The van der Waals surface area contributed by atoms with Gasteiger partial charge < -0.3 is 15.3 Å². The van der Waals surface area contributed by atoms with E-state index in [9.17, 15) is 15.0 Å². The van der Waals surface area contributed by atoms with E-state index in [2.05, 4.69) is 4.98 Å². The van der Waals surface area contributed by atoms with Crippen LogP contribution in [0.4, 0.5) is 0 Å². The summed E-state index contributed by atoms with van der Waals surface area (Å²) in [5.74, 6) is 0. The Morgan fingerprint density at radius 2 is 2.19 bits per heavy atom. The molecule has 1 heterocycles. The van der Waals surface area contributed by atoms with Gasteiger partial charge in [0.25, 0.3) is 0 Å². The number of aliphatic hydroxyl groups is 3. The molecule has 2 rings (SSSR count). The highest BCUT2D eigenvalue weighted by Gasteiger charge is 2.35. The van der Waals surface area contributed by atoms with Gasteiger partial charge in [-0.25, -0.2) is 9.78 Å². The van der Waals surface area contributed by atoms with Gasteiger partial charge in [-0.05, 0) is 11.6 Å². The van der Waals surface area contributed by atoms with Crippen LogP contribution in [0.15, 0.2) is 34.9 Å². The second-order valence-electron chi connectivity index (χ2n) is 3.64. The molecule has 0 saturated carbocycles. The molecule has 0 aromatic carbocycles. The van der Waals surface area contributed by atoms with Crippen molar-refractivity contribution >= 4 is 0 Å². The van der Waals surface area contributed by atoms with E-state index in [1.54, 1.807) is 6.07 Å². The first-order chi connectivity index (χ1) is 7.65. The molecule has 1 aromatic rings. The lowest BCUT2D eigenvalue weighted by Gasteiger charge is -2.18. The highest BCUT2D eigenvalue weighted by Crippen LogP contribution is 2.27. The molecule has 0 radical (unpaired) electrons. The Hall–Kier alpha value is -1.50. The van der Waals surface area contributed by atoms with Gasteiger partial charge in [-0.1, -0.05) is 6.08 Å². The minimum atomic E-state index is -1.14. The van der Waals surface area contributed by atoms with E-state index < -0.39 is 23.9 Å². The standard InChI is InChI=1S/C10H12N2O4/c13-5-6-4-7(9(15)8(6)14)12-3-1-2-11-10(12)16/h1-4,7-9,13-15H,5H2/t7?,8-,9+/m1/s1. The SMILES string of the molecule is O=c1ncccn1C1C=C(CO)[C@@H](O)[C@H]1O. The summed E-state index contributed by atoms with van der Waals surface area (Å²) in [7, 11) is 0. The largest absolute Gasteiger partial charge is 0.392 e. The Kier molecular flexibility index (Phi) is 2.86. The Bertz CT molecular complexity index is 468. The zero-order valence-corrected chi connectivity index (χ0v) is 8.39. The summed E-state index contributed by atoms with van der Waals surface area (Å²) < 4.78 is 1.22. The van der Waals surface area contributed by atoms with Crippen molar-refractivity contribution in [1.29, 1.82) is 0 Å². The van der Waals surface area contributed by atoms with Crippen molar-refractivity contribution in [2.24, 2.45) is 0 Å². The van der Waals surface area contributed by atoms with E-state index in [0.29, 0.717) is 5.57 Å². The van der Waals surface area contributed by atoms with Gasteiger partial charge in [-0.2, -0.15) is 0 Å². The third kappa shape index (κ3) is 1.67. The average molecular weight is 224 g/mol. The zero-order chi connectivity index (χ0) is 11.7. The zero-order valence-electron chi connectivity index (χ0n) is 8.39. The summed E-state index contributed by atoms with van der Waals surface area (Å²) in [5, 5.41) is 28.2. The van der Waals surface area contributed by atoms with Gasteiger partial charge >= 0.3 is 5.69 Å². The lowest BCUT2D eigenvalue weighted by molar-refractivity contribution is 0.0271. The van der Waals surface area contributed by atoms with E-state index >= 15 is 0 Å². The van der Waals surface area contributed by atoms with Gasteiger partial charge in [0.15, 0.2) is 0 Å². The smallest absolute Gasteiger partial charge is 0.348 e. The first kappa shape index (κ1) is 11.0. The van der Waals surface area contributed by atoms with Gasteiger partial charge in [-0.15, -0.1) is 0 Å². The van der Waals surface area contributed by atoms with Crippen molar-refractivity contribution < 1.29 is 15.3 Å². The fourth-order valence-corrected chi connectivity index (χ4v) is 1.81. The number of aliphatic hydroxyl groups excluding tert-OH is 3. The predicted molar refractivity (Wildman–Crippen MR) is 54.7 cm³/mol. The van der Waals surface area contributed by atoms with Crippen molar-refractivity contribution in [3.63, 3.8) is 0 Å². The lowest BCUT2D eigenvalue weighted by Crippen LogP contribution is -2.35. The molecule has 6 nitrogen and oxygen atoms in total. The summed E-state index contributed by atoms with van der Waals surface area (Å²) in [5.41, 5.74) is -0.192. The van der Waals surface area contributed by atoms with Crippen LogP contribution < -0.4 is 5.69 Å². The van der Waals surface area contributed by atoms with Crippen LogP contribution in [0.2, 0.25) is 0 Å². The molecule has 0 bridgehead atoms. The number of rotatable bonds is 2. The van der Waals surface area contributed by atoms with Crippen LogP contribution in [0.1, 0.15) is 6.04 Å². The van der Waals surface area contributed by atoms with E-state index in [1.165, 1.54) is 23.0 Å². The third-order valence-corrected chi connectivity index (χ3v) is 2.68. The van der Waals surface area contributed by atoms with Crippen molar-refractivity contribution in [3.8, 4) is 0 Å². The third-order valence-electron chi connectivity index (χ3n) is 2.68. The first-order valence-electron chi connectivity index (χ1n) is 4.86. The van der Waals surface area contributed by atoms with Crippen LogP contribution in [0.5, 0.6) is 0 Å². The number of hydrogen-bond donors (Lipinski definition) is 3. The fraction of sp³-hybridized carbons (Fsp3) is 0.400. The number of hydrogen-bond acceptors (Lipinski definition) is 5. The van der Waals surface area contributed by atoms with Crippen LogP contribution in [0.25, 0.3) is 0 Å². The molecule has 3 N–H and O–H groups in total. The van der Waals surface area contributed by atoms with E-state index in [0.717, 1.165) is 0 Å². The molecule has 1 aliphatic carbocycles. The Morgan fingerprint density at radius 1 is 1.44 bits per heavy atom. The molecule has 1 aromatic heterocycles. The van der Waals surface area contributed by atoms with E-state index in [-0.39, 0.29) is 6.61 Å². The Morgan fingerprint density at radius 3 is 2.75 bits per heavy atom. The molecule has 0 fully saturated rings. The van der Waals surface area contributed by atoms with E-state index in [4.69, 9.17) is 5.11 Å². The highest BCUT2D eigenvalue weighted by atomic mass is 16.3. The van der Waals surface area contributed by atoms with Gasteiger partial charge in [-0.3, -0.25) is 4.57 Å². The number of nitrogens with zero attached hydrogens (tertiary/aromatic N) is 2. The van der Waals surface area contributed by atoms with Crippen molar-refractivity contribution in [3.05, 3.63) is 40.6 Å². The molecule has 0 saturated heterocycles. The highest BCUT2D eigenvalue weighted by molar-refractivity contribution is 5.23. The second kappa shape index (κ2) is 4.17. The normalized spacial score (nSPS) is 29.2. The van der Waals surface area contributed by atoms with E-state index in [1.807, 2.05) is 0 Å². The molecule has 86 valence electrons. The van der Waals surface area contributed by atoms with Crippen LogP contribution in [-0.2, 0) is 0 Å². The molecule has 16 heavy (non-hydrogen) atoms. The summed E-state index contributed by atoms with van der Waals surface area (Å²) >= 11 is 0. The summed E-state index contributed by atoms with van der Waals surface area (Å²) in [6, 6.07) is 0.879. The molecule has 6 heteroatoms. The monoisotopic (exact) mass is 224 g/mol. The Balaban J connectivity index is 2.40. The van der Waals surface area contributed by atoms with Gasteiger partial charge in [0.1, 0.15) is 12.2 Å². The van der Waals surface area contributed by atoms with Crippen LogP contribution in [0.3, 0.4) is 0 Å². The lowest BCUT2D eigenvalue weighted by atomic mass is 10.1. The van der Waals surface area contributed by atoms with Crippen molar-refractivity contribution in [2.45, 2.75) is 18.2 Å². The maximum absolute atomic E-state index is 11.4. The van der Waals surface area contributed by atoms with Gasteiger partial charge in [0.05, 0.1) is 12.6 Å². The fourth-order valence-electron chi connectivity index (χ4n) is 1.81. The molecule has 0 amide bonds. The summed E-state index contributed by atoms with van der Waals surface area (Å²) in [6.07, 6.45) is 2.05. The maximum Gasteiger partial charge on any atom is 0.348 e. The minimum Gasteiger partial charge on any atom is -0.392 e. The topological polar surface area (TPSA) is 95.6 Å². The van der Waals surface area contributed by atoms with Gasteiger partial charge in [0, 0.05) is 12.4 Å². The predicted octanol–water partition coefficient (Wildman–Crippen LogP) is -1.56. The Labute approximate surface area is 91.1 Å². The molecule has 1 aliphatic rings. The molecule has 3 atom stereocenters. The first-order valence-corrected chi connectivity index (χ1v) is 4.86. The molecule has 0 spiro atoms. The van der Waals surface area contributed by atoms with Crippen LogP contribution in [0, 0.1) is 0 Å². The quantitative estimate of drug-likeness (QED) is 0.528. The van der Waals surface area contributed by atoms with Crippen LogP contribution >= 0.6 is 0 Å². The minimum absolute atomic E-state index is 0.313. The van der Waals surface area contributed by atoms with Crippen molar-refractivity contribution in [1.82, 2.24) is 9.55 Å². The summed E-state index contributed by atoms with van der Waals surface area (Å²) in [4.78, 5) is 15.0. The van der Waals surface area contributed by atoms with Crippen LogP contribution in [-0.4, -0.2) is 43.7 Å². The molecule has 1 unspecified atom stereocenters. The maximum atomic E-state index is 11.4. The molecule has 0 aliphatic heterocycles. The summed E-state index contributed by atoms with van der Waals surface area (Å²) in [6.45, 7) is -0.344. The second-order valence-corrected chi connectivity index (χ2v) is 3.64.